The molecule has 2 unspecified atom stereocenters. The summed E-state index contributed by atoms with van der Waals surface area (Å²) in [5, 5.41) is 3.23. The van der Waals surface area contributed by atoms with Crippen molar-refractivity contribution in [2.45, 2.75) is 72.4 Å². The lowest BCUT2D eigenvalue weighted by molar-refractivity contribution is -0.125. The van der Waals surface area contributed by atoms with Crippen LogP contribution in [-0.4, -0.2) is 30.7 Å². The molecule has 2 atom stereocenters. The Morgan fingerprint density at radius 1 is 1.32 bits per heavy atom. The van der Waals surface area contributed by atoms with Gasteiger partial charge in [-0.05, 0) is 38.6 Å². The third-order valence-electron chi connectivity index (χ3n) is 3.26. The highest BCUT2D eigenvalue weighted by Crippen LogP contribution is 2.20. The molecule has 0 aromatic heterocycles. The first kappa shape index (κ1) is 18.4. The Balaban J connectivity index is 4.24. The molecule has 4 heteroatoms. The maximum atomic E-state index is 11.6. The van der Waals surface area contributed by atoms with Crippen LogP contribution >= 0.6 is 0 Å². The summed E-state index contributed by atoms with van der Waals surface area (Å²) in [6, 6.07) is 0. The normalized spacial score (nSPS) is 16.9. The Morgan fingerprint density at radius 3 is 2.32 bits per heavy atom. The topological polar surface area (TPSA) is 64.3 Å². The van der Waals surface area contributed by atoms with Crippen molar-refractivity contribution in [2.24, 2.45) is 11.1 Å². The van der Waals surface area contributed by atoms with Gasteiger partial charge in [-0.1, -0.05) is 27.7 Å². The highest BCUT2D eigenvalue weighted by Gasteiger charge is 2.32. The molecule has 19 heavy (non-hydrogen) atoms. The van der Waals surface area contributed by atoms with Crippen molar-refractivity contribution in [2.75, 3.05) is 13.2 Å². The summed E-state index contributed by atoms with van der Waals surface area (Å²) in [7, 11) is 0. The van der Waals surface area contributed by atoms with E-state index < -0.39 is 5.54 Å². The van der Waals surface area contributed by atoms with E-state index in [4.69, 9.17) is 10.5 Å². The number of carbonyl (C=O) groups is 1. The van der Waals surface area contributed by atoms with Gasteiger partial charge in [0, 0.05) is 13.0 Å². The van der Waals surface area contributed by atoms with Crippen LogP contribution in [0.5, 0.6) is 0 Å². The van der Waals surface area contributed by atoms with Crippen LogP contribution in [0.4, 0.5) is 0 Å². The fourth-order valence-electron chi connectivity index (χ4n) is 1.86. The maximum absolute atomic E-state index is 11.6. The zero-order valence-corrected chi connectivity index (χ0v) is 13.5. The fourth-order valence-corrected chi connectivity index (χ4v) is 1.86. The zero-order chi connectivity index (χ0) is 15.1. The fraction of sp³-hybridized carbons (Fsp3) is 0.933. The number of carbonyl (C=O) groups excluding carboxylic acids is 1. The molecule has 4 nitrogen and oxygen atoms in total. The van der Waals surface area contributed by atoms with Gasteiger partial charge in [-0.15, -0.1) is 0 Å². The average molecular weight is 272 g/mol. The lowest BCUT2D eigenvalue weighted by Gasteiger charge is -2.30. The van der Waals surface area contributed by atoms with E-state index in [2.05, 4.69) is 33.0 Å². The second kappa shape index (κ2) is 7.85. The number of hydrogen-bond acceptors (Lipinski definition) is 3. The summed E-state index contributed by atoms with van der Waals surface area (Å²) in [4.78, 5) is 11.6. The quantitative estimate of drug-likeness (QED) is 0.677. The van der Waals surface area contributed by atoms with Gasteiger partial charge in [0.1, 0.15) is 0 Å². The molecule has 0 aliphatic rings. The molecule has 0 rings (SSSR count). The second-order valence-electron chi connectivity index (χ2n) is 6.82. The van der Waals surface area contributed by atoms with Gasteiger partial charge in [-0.25, -0.2) is 0 Å². The van der Waals surface area contributed by atoms with Crippen LogP contribution in [-0.2, 0) is 9.53 Å². The van der Waals surface area contributed by atoms with Crippen LogP contribution in [0.15, 0.2) is 0 Å². The van der Waals surface area contributed by atoms with Crippen molar-refractivity contribution < 1.29 is 9.53 Å². The van der Waals surface area contributed by atoms with Gasteiger partial charge in [-0.3, -0.25) is 4.79 Å². The third kappa shape index (κ3) is 8.22. The van der Waals surface area contributed by atoms with Crippen molar-refractivity contribution >= 4 is 5.91 Å². The van der Waals surface area contributed by atoms with E-state index in [0.717, 1.165) is 19.4 Å². The van der Waals surface area contributed by atoms with E-state index in [0.29, 0.717) is 13.0 Å². The molecule has 0 aromatic carbocycles. The Kier molecular flexibility index (Phi) is 7.60. The molecule has 0 saturated carbocycles. The minimum absolute atomic E-state index is 0.0178. The van der Waals surface area contributed by atoms with Crippen LogP contribution in [0.2, 0.25) is 0 Å². The standard InChI is InChI=1S/C15H32N2O2/c1-7-9-17-15(6,13(16)18)11-12(2)19-10-8-14(3,4)5/h12,17H,7-11H2,1-6H3,(H2,16,18). The molecule has 114 valence electrons. The van der Waals surface area contributed by atoms with E-state index in [1.807, 2.05) is 13.8 Å². The summed E-state index contributed by atoms with van der Waals surface area (Å²) in [6.07, 6.45) is 2.60. The number of rotatable bonds is 9. The minimum atomic E-state index is -0.683. The van der Waals surface area contributed by atoms with Crippen molar-refractivity contribution in [1.82, 2.24) is 5.32 Å². The Bertz CT molecular complexity index is 274. The molecule has 0 aliphatic carbocycles. The number of amides is 1. The first-order valence-corrected chi connectivity index (χ1v) is 7.27. The van der Waals surface area contributed by atoms with Gasteiger partial charge < -0.3 is 15.8 Å². The molecular weight excluding hydrogens is 240 g/mol. The third-order valence-corrected chi connectivity index (χ3v) is 3.26. The summed E-state index contributed by atoms with van der Waals surface area (Å²) in [5.74, 6) is -0.313. The van der Waals surface area contributed by atoms with E-state index >= 15 is 0 Å². The summed E-state index contributed by atoms with van der Waals surface area (Å²) in [6.45, 7) is 14.0. The predicted octanol–water partition coefficient (Wildman–Crippen LogP) is 2.46. The molecular formula is C15H32N2O2. The average Bonchev–Trinajstić information content (AvgIpc) is 2.24. The molecule has 0 bridgehead atoms. The zero-order valence-electron chi connectivity index (χ0n) is 13.5. The Labute approximate surface area is 118 Å². The lowest BCUT2D eigenvalue weighted by Crippen LogP contribution is -2.55. The molecule has 0 radical (unpaired) electrons. The molecule has 1 amide bonds. The first-order valence-electron chi connectivity index (χ1n) is 7.27. The molecule has 0 aromatic rings. The summed E-state index contributed by atoms with van der Waals surface area (Å²) >= 11 is 0. The predicted molar refractivity (Wildman–Crippen MR) is 80.0 cm³/mol. The van der Waals surface area contributed by atoms with Gasteiger partial charge in [0.05, 0.1) is 11.6 Å². The molecule has 0 aliphatic heterocycles. The first-order chi connectivity index (χ1) is 8.60. The van der Waals surface area contributed by atoms with Gasteiger partial charge in [0.25, 0.3) is 0 Å². The summed E-state index contributed by atoms with van der Waals surface area (Å²) in [5.41, 5.74) is 5.09. The van der Waals surface area contributed by atoms with E-state index in [-0.39, 0.29) is 17.4 Å². The van der Waals surface area contributed by atoms with Gasteiger partial charge >= 0.3 is 0 Å². The molecule has 0 saturated heterocycles. The van der Waals surface area contributed by atoms with Crippen LogP contribution in [0.3, 0.4) is 0 Å². The smallest absolute Gasteiger partial charge is 0.237 e. The van der Waals surface area contributed by atoms with Crippen LogP contribution in [0, 0.1) is 5.41 Å². The Morgan fingerprint density at radius 2 is 1.89 bits per heavy atom. The SMILES string of the molecule is CCCNC(C)(CC(C)OCCC(C)(C)C)C(N)=O. The van der Waals surface area contributed by atoms with Gasteiger partial charge in [0.2, 0.25) is 5.91 Å². The van der Waals surface area contributed by atoms with E-state index in [1.165, 1.54) is 0 Å². The van der Waals surface area contributed by atoms with Crippen molar-refractivity contribution in [3.8, 4) is 0 Å². The van der Waals surface area contributed by atoms with Crippen molar-refractivity contribution in [3.63, 3.8) is 0 Å². The summed E-state index contributed by atoms with van der Waals surface area (Å²) < 4.78 is 5.80. The van der Waals surface area contributed by atoms with E-state index in [1.54, 1.807) is 0 Å². The monoisotopic (exact) mass is 272 g/mol. The molecule has 0 fully saturated rings. The Hall–Kier alpha value is -0.610. The lowest BCUT2D eigenvalue weighted by atomic mass is 9.92. The van der Waals surface area contributed by atoms with Gasteiger partial charge in [-0.2, -0.15) is 0 Å². The highest BCUT2D eigenvalue weighted by molar-refractivity contribution is 5.84. The van der Waals surface area contributed by atoms with Crippen LogP contribution in [0.1, 0.15) is 60.8 Å². The molecule has 0 heterocycles. The van der Waals surface area contributed by atoms with Crippen LogP contribution in [0.25, 0.3) is 0 Å². The minimum Gasteiger partial charge on any atom is -0.378 e. The highest BCUT2D eigenvalue weighted by atomic mass is 16.5. The molecule has 0 spiro atoms. The number of ether oxygens (including phenoxy) is 1. The van der Waals surface area contributed by atoms with Gasteiger partial charge in [0.15, 0.2) is 0 Å². The number of nitrogens with one attached hydrogen (secondary N) is 1. The maximum Gasteiger partial charge on any atom is 0.237 e. The van der Waals surface area contributed by atoms with E-state index in [9.17, 15) is 4.79 Å². The largest absolute Gasteiger partial charge is 0.378 e. The van der Waals surface area contributed by atoms with Crippen molar-refractivity contribution in [3.05, 3.63) is 0 Å². The number of primary amides is 1. The second-order valence-corrected chi connectivity index (χ2v) is 6.82. The van der Waals surface area contributed by atoms with Crippen LogP contribution < -0.4 is 11.1 Å². The van der Waals surface area contributed by atoms with Crippen molar-refractivity contribution in [1.29, 1.82) is 0 Å². The number of hydrogen-bond donors (Lipinski definition) is 2. The molecule has 3 N–H and O–H groups in total. The number of nitrogens with two attached hydrogens (primary N) is 1.